The van der Waals surface area contributed by atoms with Crippen molar-refractivity contribution in [1.29, 1.82) is 0 Å². The number of hydrogen-bond acceptors (Lipinski definition) is 4. The summed E-state index contributed by atoms with van der Waals surface area (Å²) in [4.78, 5) is 17.3. The third-order valence-electron chi connectivity index (χ3n) is 7.98. The van der Waals surface area contributed by atoms with Crippen LogP contribution in [0.15, 0.2) is 11.6 Å². The van der Waals surface area contributed by atoms with Crippen molar-refractivity contribution in [2.45, 2.75) is 71.0 Å². The van der Waals surface area contributed by atoms with Gasteiger partial charge in [0.2, 0.25) is 0 Å². The molecule has 0 aromatic heterocycles. The minimum Gasteiger partial charge on any atom is -0.393 e. The largest absolute Gasteiger partial charge is 0.393 e. The molecular formula is C19H28O4. The highest BCUT2D eigenvalue weighted by molar-refractivity contribution is 5.87. The molecule has 0 aliphatic heterocycles. The number of allylic oxidation sites excluding steroid dienone is 1. The Kier molecular flexibility index (Phi) is 3.53. The number of rotatable bonds is 1. The fourth-order valence-corrected chi connectivity index (χ4v) is 6.60. The summed E-state index contributed by atoms with van der Waals surface area (Å²) in [6, 6.07) is 0. The molecule has 0 amide bonds. The van der Waals surface area contributed by atoms with Crippen LogP contribution in [0, 0.1) is 28.6 Å². The second-order valence-electron chi connectivity index (χ2n) is 8.73. The summed E-state index contributed by atoms with van der Waals surface area (Å²) >= 11 is 0. The number of fused-ring (bicyclic) bond motifs is 5. The Hall–Kier alpha value is -0.710. The Morgan fingerprint density at radius 3 is 2.78 bits per heavy atom. The van der Waals surface area contributed by atoms with Gasteiger partial charge in [0.1, 0.15) is 11.9 Å². The molecule has 128 valence electrons. The molecule has 23 heavy (non-hydrogen) atoms. The van der Waals surface area contributed by atoms with Crippen molar-refractivity contribution < 1.29 is 20.0 Å². The van der Waals surface area contributed by atoms with Gasteiger partial charge in [-0.15, -0.1) is 0 Å². The summed E-state index contributed by atoms with van der Waals surface area (Å²) in [6.07, 6.45) is 7.44. The molecule has 0 spiro atoms. The van der Waals surface area contributed by atoms with E-state index in [1.807, 2.05) is 0 Å². The molecule has 7 atom stereocenters. The molecule has 1 unspecified atom stereocenters. The maximum atomic E-state index is 12.4. The van der Waals surface area contributed by atoms with Crippen LogP contribution in [0.4, 0.5) is 0 Å². The van der Waals surface area contributed by atoms with Gasteiger partial charge < -0.3 is 5.11 Å². The number of Topliss-reactive ketones (excluding diaryl/α,β-unsaturated/α-hetero) is 1. The van der Waals surface area contributed by atoms with Crippen LogP contribution in [0.2, 0.25) is 0 Å². The number of carbonyl (C=O) groups is 1. The topological polar surface area (TPSA) is 66.8 Å². The van der Waals surface area contributed by atoms with Gasteiger partial charge >= 0.3 is 0 Å². The molecule has 4 nitrogen and oxygen atoms in total. The third kappa shape index (κ3) is 1.98. The smallest absolute Gasteiger partial charge is 0.139 e. The molecule has 3 fully saturated rings. The second kappa shape index (κ2) is 5.14. The molecule has 0 aromatic rings. The van der Waals surface area contributed by atoms with Gasteiger partial charge in [-0.3, -0.25) is 10.1 Å². The van der Waals surface area contributed by atoms with E-state index in [2.05, 4.69) is 19.9 Å². The SMILES string of the molecule is C[C@]12CC[C@H]3[C@@H](CC=C4C[C@@H](O)CC(OO)[C@@]43C)[C@@H]1CCC2=O. The first-order chi connectivity index (χ1) is 10.9. The fourth-order valence-electron chi connectivity index (χ4n) is 6.60. The number of aliphatic hydroxyl groups excluding tert-OH is 1. The van der Waals surface area contributed by atoms with Crippen molar-refractivity contribution in [3.63, 3.8) is 0 Å². The molecular weight excluding hydrogens is 292 g/mol. The lowest BCUT2D eigenvalue weighted by Crippen LogP contribution is -2.56. The van der Waals surface area contributed by atoms with Crippen LogP contribution in [0.3, 0.4) is 0 Å². The van der Waals surface area contributed by atoms with Gasteiger partial charge in [-0.2, -0.15) is 0 Å². The Morgan fingerprint density at radius 2 is 2.04 bits per heavy atom. The standard InChI is InChI=1S/C19H28O4/c1-18-8-7-15-13(14(18)5-6-16(18)21)4-3-11-9-12(20)10-17(23-22)19(11,15)2/h3,12-15,17,20,22H,4-10H2,1-2H3/t12-,13+,14+,15+,17?,18+,19+/m1/s1. The number of ketones is 1. The maximum Gasteiger partial charge on any atom is 0.139 e. The van der Waals surface area contributed by atoms with Gasteiger partial charge in [0, 0.05) is 23.7 Å². The number of aliphatic hydroxyl groups is 1. The van der Waals surface area contributed by atoms with Crippen LogP contribution < -0.4 is 0 Å². The quantitative estimate of drug-likeness (QED) is 0.442. The van der Waals surface area contributed by atoms with Crippen molar-refractivity contribution in [2.75, 3.05) is 0 Å². The molecule has 0 bridgehead atoms. The zero-order chi connectivity index (χ0) is 16.4. The van der Waals surface area contributed by atoms with Crippen LogP contribution in [0.25, 0.3) is 0 Å². The third-order valence-corrected chi connectivity index (χ3v) is 7.98. The highest BCUT2D eigenvalue weighted by Gasteiger charge is 2.61. The van der Waals surface area contributed by atoms with Crippen LogP contribution in [0.1, 0.15) is 58.8 Å². The lowest BCUT2D eigenvalue weighted by Gasteiger charge is -2.58. The predicted octanol–water partition coefficient (Wildman–Crippen LogP) is 3.35. The number of hydrogen-bond donors (Lipinski definition) is 2. The first-order valence-corrected chi connectivity index (χ1v) is 9.12. The molecule has 0 saturated heterocycles. The highest BCUT2D eigenvalue weighted by Crippen LogP contribution is 2.64. The highest BCUT2D eigenvalue weighted by atomic mass is 17.1. The van der Waals surface area contributed by atoms with E-state index < -0.39 is 6.10 Å². The zero-order valence-corrected chi connectivity index (χ0v) is 14.1. The van der Waals surface area contributed by atoms with E-state index in [1.165, 1.54) is 5.57 Å². The van der Waals surface area contributed by atoms with Crippen molar-refractivity contribution in [3.8, 4) is 0 Å². The van der Waals surface area contributed by atoms with E-state index in [1.54, 1.807) is 0 Å². The van der Waals surface area contributed by atoms with Gasteiger partial charge in [-0.25, -0.2) is 4.89 Å². The van der Waals surface area contributed by atoms with Crippen LogP contribution >= 0.6 is 0 Å². The minimum absolute atomic E-state index is 0.132. The van der Waals surface area contributed by atoms with E-state index in [0.717, 1.165) is 32.1 Å². The molecule has 0 aromatic carbocycles. The fraction of sp³-hybridized carbons (Fsp3) is 0.842. The van der Waals surface area contributed by atoms with E-state index in [9.17, 15) is 15.2 Å². The van der Waals surface area contributed by atoms with E-state index in [0.29, 0.717) is 36.4 Å². The first kappa shape index (κ1) is 15.8. The molecule has 4 aliphatic rings. The Bertz CT molecular complexity index is 556. The van der Waals surface area contributed by atoms with Crippen molar-refractivity contribution in [2.24, 2.45) is 28.6 Å². The molecule has 4 heteroatoms. The summed E-state index contributed by atoms with van der Waals surface area (Å²) in [7, 11) is 0. The van der Waals surface area contributed by atoms with E-state index in [-0.39, 0.29) is 16.9 Å². The molecule has 4 rings (SSSR count). The van der Waals surface area contributed by atoms with Gasteiger partial charge in [-0.1, -0.05) is 25.5 Å². The Balaban J connectivity index is 1.73. The second-order valence-corrected chi connectivity index (χ2v) is 8.73. The van der Waals surface area contributed by atoms with Crippen molar-refractivity contribution in [3.05, 3.63) is 11.6 Å². The monoisotopic (exact) mass is 320 g/mol. The molecule has 2 N–H and O–H groups in total. The van der Waals surface area contributed by atoms with Crippen LogP contribution in [-0.4, -0.2) is 28.4 Å². The summed E-state index contributed by atoms with van der Waals surface area (Å²) in [6.45, 7) is 4.39. The van der Waals surface area contributed by atoms with Crippen molar-refractivity contribution >= 4 is 5.78 Å². The number of carbonyl (C=O) groups excluding carboxylic acids is 1. The summed E-state index contributed by atoms with van der Waals surface area (Å²) in [5.41, 5.74) is 0.917. The minimum atomic E-state index is -0.426. The Morgan fingerprint density at radius 1 is 1.26 bits per heavy atom. The van der Waals surface area contributed by atoms with E-state index >= 15 is 0 Å². The summed E-state index contributed by atoms with van der Waals surface area (Å²) < 4.78 is 0. The maximum absolute atomic E-state index is 12.4. The summed E-state index contributed by atoms with van der Waals surface area (Å²) in [5.74, 6) is 1.86. The lowest BCUT2D eigenvalue weighted by atomic mass is 9.47. The van der Waals surface area contributed by atoms with Crippen LogP contribution in [-0.2, 0) is 9.68 Å². The average Bonchev–Trinajstić information content (AvgIpc) is 2.83. The molecule has 3 saturated carbocycles. The van der Waals surface area contributed by atoms with Crippen molar-refractivity contribution in [1.82, 2.24) is 0 Å². The van der Waals surface area contributed by atoms with E-state index in [4.69, 9.17) is 4.89 Å². The van der Waals surface area contributed by atoms with Gasteiger partial charge in [0.15, 0.2) is 0 Å². The van der Waals surface area contributed by atoms with Crippen LogP contribution in [0.5, 0.6) is 0 Å². The Labute approximate surface area is 137 Å². The average molecular weight is 320 g/mol. The summed E-state index contributed by atoms with van der Waals surface area (Å²) in [5, 5.41) is 19.6. The first-order valence-electron chi connectivity index (χ1n) is 9.12. The molecule has 4 aliphatic carbocycles. The predicted molar refractivity (Wildman–Crippen MR) is 85.6 cm³/mol. The normalized spacial score (nSPS) is 52.4. The van der Waals surface area contributed by atoms with Gasteiger partial charge in [0.25, 0.3) is 0 Å². The van der Waals surface area contributed by atoms with Gasteiger partial charge in [0.05, 0.1) is 6.10 Å². The lowest BCUT2D eigenvalue weighted by molar-refractivity contribution is -0.317. The van der Waals surface area contributed by atoms with Gasteiger partial charge in [-0.05, 0) is 49.9 Å². The molecule has 0 radical (unpaired) electrons. The molecule has 0 heterocycles. The zero-order valence-electron chi connectivity index (χ0n) is 14.1.